The molecule has 6 rings (SSSR count). The van der Waals surface area contributed by atoms with Crippen LogP contribution in [0, 0.1) is 0 Å². The Morgan fingerprint density at radius 1 is 0.787 bits per heavy atom. The Balaban J connectivity index is 1.39. The van der Waals surface area contributed by atoms with E-state index < -0.39 is 48.0 Å². The molecule has 0 radical (unpaired) electrons. The Hall–Kier alpha value is -5.88. The van der Waals surface area contributed by atoms with Gasteiger partial charge in [0.15, 0.2) is 18.4 Å². The van der Waals surface area contributed by atoms with Crippen LogP contribution < -0.4 is 5.56 Å². The van der Waals surface area contributed by atoms with E-state index in [9.17, 15) is 19.2 Å². The summed E-state index contributed by atoms with van der Waals surface area (Å²) in [6, 6.07) is 26.3. The summed E-state index contributed by atoms with van der Waals surface area (Å²) in [6.45, 7) is 1.53. The van der Waals surface area contributed by atoms with E-state index in [1.54, 1.807) is 97.2 Å². The fourth-order valence-corrected chi connectivity index (χ4v) is 5.28. The first-order chi connectivity index (χ1) is 22.9. The molecule has 12 nitrogen and oxygen atoms in total. The van der Waals surface area contributed by atoms with Gasteiger partial charge in [-0.15, -0.1) is 0 Å². The van der Waals surface area contributed by atoms with Gasteiger partial charge in [-0.1, -0.05) is 61.5 Å². The number of esters is 3. The lowest BCUT2D eigenvalue weighted by Gasteiger charge is -2.25. The van der Waals surface area contributed by atoms with Crippen LogP contribution in [0.2, 0.25) is 0 Å². The van der Waals surface area contributed by atoms with Crippen molar-refractivity contribution < 1.29 is 33.3 Å². The fraction of sp³-hybridized carbons (Fsp3) is 0.200. The number of ether oxygens (including phenoxy) is 4. The van der Waals surface area contributed by atoms with E-state index in [0.29, 0.717) is 23.2 Å². The van der Waals surface area contributed by atoms with Gasteiger partial charge in [0.05, 0.1) is 22.4 Å². The van der Waals surface area contributed by atoms with Crippen LogP contribution >= 0.6 is 0 Å². The van der Waals surface area contributed by atoms with Gasteiger partial charge in [-0.3, -0.25) is 9.36 Å². The number of aromatic nitrogens is 4. The average molecular weight is 635 g/mol. The van der Waals surface area contributed by atoms with Crippen LogP contribution in [0.15, 0.2) is 121 Å². The topological polar surface area (TPSA) is 141 Å². The van der Waals surface area contributed by atoms with Crippen molar-refractivity contribution in [3.63, 3.8) is 0 Å². The maximum atomic E-state index is 13.7. The summed E-state index contributed by atoms with van der Waals surface area (Å²) in [6.07, 6.45) is -0.0723. The molecular formula is C35H30N4O8. The lowest BCUT2D eigenvalue weighted by atomic mass is 10.1. The Morgan fingerprint density at radius 3 is 1.87 bits per heavy atom. The number of aryl methyl sites for hydroxylation is 1. The summed E-state index contributed by atoms with van der Waals surface area (Å²) in [5, 5.41) is 4.15. The van der Waals surface area contributed by atoms with Gasteiger partial charge in [0.1, 0.15) is 25.4 Å². The van der Waals surface area contributed by atoms with Crippen molar-refractivity contribution in [1.29, 1.82) is 0 Å². The zero-order chi connectivity index (χ0) is 32.8. The van der Waals surface area contributed by atoms with E-state index in [1.807, 2.05) is 6.92 Å². The van der Waals surface area contributed by atoms with E-state index in [2.05, 4.69) is 10.1 Å². The third-order valence-electron chi connectivity index (χ3n) is 7.64. The van der Waals surface area contributed by atoms with Gasteiger partial charge >= 0.3 is 17.9 Å². The largest absolute Gasteiger partial charge is 0.459 e. The van der Waals surface area contributed by atoms with Crippen LogP contribution in [0.3, 0.4) is 0 Å². The van der Waals surface area contributed by atoms with Crippen molar-refractivity contribution in [1.82, 2.24) is 19.3 Å². The van der Waals surface area contributed by atoms with Gasteiger partial charge in [-0.05, 0) is 48.4 Å². The number of hydrogen-bond acceptors (Lipinski definition) is 10. The second kappa shape index (κ2) is 14.0. The second-order valence-corrected chi connectivity index (χ2v) is 10.6. The predicted molar refractivity (Wildman–Crippen MR) is 167 cm³/mol. The van der Waals surface area contributed by atoms with Crippen LogP contribution in [0.4, 0.5) is 0 Å². The van der Waals surface area contributed by atoms with Crippen molar-refractivity contribution in [2.45, 2.75) is 37.9 Å². The molecule has 4 atom stereocenters. The van der Waals surface area contributed by atoms with Gasteiger partial charge in [-0.25, -0.2) is 24.0 Å². The Kier molecular flexibility index (Phi) is 9.30. The van der Waals surface area contributed by atoms with Crippen molar-refractivity contribution in [2.75, 3.05) is 6.61 Å². The zero-order valence-electron chi connectivity index (χ0n) is 25.2. The number of rotatable bonds is 10. The SMILES string of the molecule is CCc1cn([C@@H]2O[C@H](COC(=O)c3ccccc3)C(OC(=O)c3ccccc3)[C@@H]2OC(=O)c2ccccc2)c(=O)cc1-n1cncn1. The molecule has 3 aromatic carbocycles. The molecule has 1 aliphatic rings. The number of nitrogens with zero attached hydrogens (tertiary/aromatic N) is 4. The van der Waals surface area contributed by atoms with Gasteiger partial charge in [0.25, 0.3) is 5.56 Å². The number of carbonyl (C=O) groups excluding carboxylic acids is 3. The zero-order valence-corrected chi connectivity index (χ0v) is 25.2. The van der Waals surface area contributed by atoms with Crippen molar-refractivity contribution in [2.24, 2.45) is 0 Å². The Bertz CT molecular complexity index is 1900. The predicted octanol–water partition coefficient (Wildman–Crippen LogP) is 4.20. The first kappa shape index (κ1) is 31.1. The van der Waals surface area contributed by atoms with E-state index >= 15 is 0 Å². The second-order valence-electron chi connectivity index (χ2n) is 10.6. The molecule has 47 heavy (non-hydrogen) atoms. The maximum absolute atomic E-state index is 13.7. The first-order valence-electron chi connectivity index (χ1n) is 14.9. The third kappa shape index (κ3) is 6.87. The first-order valence-corrected chi connectivity index (χ1v) is 14.9. The normalized spacial score (nSPS) is 18.7. The van der Waals surface area contributed by atoms with E-state index in [1.165, 1.54) is 28.0 Å². The molecule has 3 heterocycles. The summed E-state index contributed by atoms with van der Waals surface area (Å²) in [5.74, 6) is -2.08. The molecule has 0 amide bonds. The number of carbonyl (C=O) groups is 3. The molecule has 5 aromatic rings. The lowest BCUT2D eigenvalue weighted by Crippen LogP contribution is -2.42. The minimum absolute atomic E-state index is 0.237. The molecule has 12 heteroatoms. The highest BCUT2D eigenvalue weighted by Gasteiger charge is 2.51. The van der Waals surface area contributed by atoms with Crippen LogP contribution in [0.25, 0.3) is 5.69 Å². The molecule has 0 spiro atoms. The van der Waals surface area contributed by atoms with Crippen molar-refractivity contribution in [3.8, 4) is 5.69 Å². The minimum atomic E-state index is -1.32. The van der Waals surface area contributed by atoms with Crippen LogP contribution in [-0.2, 0) is 25.4 Å². The maximum Gasteiger partial charge on any atom is 0.338 e. The molecule has 0 saturated carbocycles. The van der Waals surface area contributed by atoms with Crippen LogP contribution in [0.5, 0.6) is 0 Å². The van der Waals surface area contributed by atoms with Gasteiger partial charge in [0.2, 0.25) is 0 Å². The summed E-state index contributed by atoms with van der Waals surface area (Å²) < 4.78 is 26.6. The molecule has 1 aliphatic heterocycles. The Labute approximate surface area is 269 Å². The monoisotopic (exact) mass is 634 g/mol. The fourth-order valence-electron chi connectivity index (χ4n) is 5.28. The molecule has 1 fully saturated rings. The third-order valence-corrected chi connectivity index (χ3v) is 7.64. The molecular weight excluding hydrogens is 604 g/mol. The molecule has 1 unspecified atom stereocenters. The van der Waals surface area contributed by atoms with Gasteiger partial charge < -0.3 is 18.9 Å². The molecule has 0 aliphatic carbocycles. The van der Waals surface area contributed by atoms with Crippen molar-refractivity contribution in [3.05, 3.63) is 149 Å². The van der Waals surface area contributed by atoms with Gasteiger partial charge in [0, 0.05) is 12.3 Å². The summed E-state index contributed by atoms with van der Waals surface area (Å²) >= 11 is 0. The highest BCUT2D eigenvalue weighted by Crippen LogP contribution is 2.35. The summed E-state index contributed by atoms with van der Waals surface area (Å²) in [4.78, 5) is 57.4. The molecule has 0 N–H and O–H groups in total. The number of benzene rings is 3. The number of hydrogen-bond donors (Lipinski definition) is 0. The number of pyridine rings is 1. The van der Waals surface area contributed by atoms with E-state index in [4.69, 9.17) is 18.9 Å². The highest BCUT2D eigenvalue weighted by molar-refractivity contribution is 5.91. The average Bonchev–Trinajstić information content (AvgIpc) is 3.77. The highest BCUT2D eigenvalue weighted by atomic mass is 16.7. The van der Waals surface area contributed by atoms with E-state index in [-0.39, 0.29) is 17.7 Å². The smallest absolute Gasteiger partial charge is 0.338 e. The summed E-state index contributed by atoms with van der Waals surface area (Å²) in [5.41, 5.74) is 1.51. The molecule has 2 aromatic heterocycles. The Morgan fingerprint density at radius 2 is 1.34 bits per heavy atom. The molecule has 1 saturated heterocycles. The summed E-state index contributed by atoms with van der Waals surface area (Å²) in [7, 11) is 0. The van der Waals surface area contributed by atoms with Crippen molar-refractivity contribution >= 4 is 17.9 Å². The van der Waals surface area contributed by atoms with Crippen LogP contribution in [-0.4, -0.2) is 62.2 Å². The van der Waals surface area contributed by atoms with Crippen LogP contribution in [0.1, 0.15) is 49.8 Å². The molecule has 0 bridgehead atoms. The minimum Gasteiger partial charge on any atom is -0.459 e. The standard InChI is InChI=1S/C35H30N4O8/c1-2-23-19-38(29(40)18-27(23)39-22-36-21-37-39)32-31(47-35(43)26-16-10-5-11-17-26)30(46-34(42)25-14-8-4-9-15-25)28(45-32)20-44-33(41)24-12-6-3-7-13-24/h3-19,21-22,28,30-32H,2,20H2,1H3/t28-,30?,31+,32-/m1/s1. The van der Waals surface area contributed by atoms with E-state index in [0.717, 1.165) is 0 Å². The lowest BCUT2D eigenvalue weighted by molar-refractivity contribution is -0.0635. The quantitative estimate of drug-likeness (QED) is 0.162. The molecule has 238 valence electrons. The van der Waals surface area contributed by atoms with Gasteiger partial charge in [-0.2, -0.15) is 5.10 Å².